The molecule has 0 amide bonds. The molecule has 0 radical (unpaired) electrons. The van der Waals surface area contributed by atoms with E-state index in [9.17, 15) is 0 Å². The van der Waals surface area contributed by atoms with Crippen LogP contribution in [0.25, 0.3) is 11.1 Å². The lowest BCUT2D eigenvalue weighted by molar-refractivity contribution is 0.0889. The summed E-state index contributed by atoms with van der Waals surface area (Å²) in [4.78, 5) is 0. The third-order valence-corrected chi connectivity index (χ3v) is 3.89. The quantitative estimate of drug-likeness (QED) is 0.522. The number of ether oxygens (including phenoxy) is 2. The first-order chi connectivity index (χ1) is 11.8. The number of halogens is 1. The van der Waals surface area contributed by atoms with Crippen molar-refractivity contribution < 1.29 is 9.47 Å². The molecule has 0 fully saturated rings. The minimum Gasteiger partial charge on any atom is -0.491 e. The third-order valence-electron chi connectivity index (χ3n) is 3.64. The van der Waals surface area contributed by atoms with Crippen molar-refractivity contribution in [2.24, 2.45) is 0 Å². The molecule has 24 heavy (non-hydrogen) atoms. The van der Waals surface area contributed by atoms with Crippen molar-refractivity contribution in [1.29, 1.82) is 0 Å². The Kier molecular flexibility index (Phi) is 5.89. The summed E-state index contributed by atoms with van der Waals surface area (Å²) in [5, 5.41) is 0.737. The molecule has 3 rings (SSSR count). The molecule has 0 bridgehead atoms. The fraction of sp³-hybridized carbons (Fsp3) is 0.143. The van der Waals surface area contributed by atoms with E-state index in [1.54, 1.807) is 0 Å². The van der Waals surface area contributed by atoms with Crippen LogP contribution in [0.5, 0.6) is 5.75 Å². The summed E-state index contributed by atoms with van der Waals surface area (Å²) in [5.41, 5.74) is 3.49. The number of hydrogen-bond acceptors (Lipinski definition) is 2. The van der Waals surface area contributed by atoms with Crippen molar-refractivity contribution in [2.75, 3.05) is 13.2 Å². The van der Waals surface area contributed by atoms with Crippen LogP contribution in [0.3, 0.4) is 0 Å². The summed E-state index contributed by atoms with van der Waals surface area (Å²) in [6.07, 6.45) is 0. The van der Waals surface area contributed by atoms with Crippen LogP contribution in [0.2, 0.25) is 5.02 Å². The zero-order valence-electron chi connectivity index (χ0n) is 13.3. The summed E-state index contributed by atoms with van der Waals surface area (Å²) in [7, 11) is 0. The highest BCUT2D eigenvalue weighted by Crippen LogP contribution is 2.22. The van der Waals surface area contributed by atoms with Gasteiger partial charge in [0.05, 0.1) is 13.2 Å². The van der Waals surface area contributed by atoms with E-state index in [0.29, 0.717) is 19.8 Å². The smallest absolute Gasteiger partial charge is 0.119 e. The van der Waals surface area contributed by atoms with Crippen molar-refractivity contribution in [3.05, 3.63) is 89.4 Å². The van der Waals surface area contributed by atoms with E-state index in [1.165, 1.54) is 11.1 Å². The van der Waals surface area contributed by atoms with E-state index >= 15 is 0 Å². The second kappa shape index (κ2) is 8.53. The second-order valence-electron chi connectivity index (χ2n) is 5.42. The van der Waals surface area contributed by atoms with Crippen LogP contribution >= 0.6 is 11.6 Å². The van der Waals surface area contributed by atoms with Gasteiger partial charge in [-0.2, -0.15) is 0 Å². The SMILES string of the molecule is Clc1ccc(COCCOc2ccc(-c3ccccc3)cc2)cc1. The van der Waals surface area contributed by atoms with Crippen molar-refractivity contribution >= 4 is 11.6 Å². The number of rotatable bonds is 7. The van der Waals surface area contributed by atoms with Gasteiger partial charge in [-0.05, 0) is 41.0 Å². The lowest BCUT2D eigenvalue weighted by Gasteiger charge is -2.08. The molecule has 3 heteroatoms. The zero-order valence-corrected chi connectivity index (χ0v) is 14.1. The van der Waals surface area contributed by atoms with E-state index in [-0.39, 0.29) is 0 Å². The highest BCUT2D eigenvalue weighted by Gasteiger charge is 1.99. The predicted molar refractivity (Wildman–Crippen MR) is 98.5 cm³/mol. The van der Waals surface area contributed by atoms with Gasteiger partial charge in [0, 0.05) is 5.02 Å². The third kappa shape index (κ3) is 4.85. The first kappa shape index (κ1) is 16.6. The fourth-order valence-corrected chi connectivity index (χ4v) is 2.49. The summed E-state index contributed by atoms with van der Waals surface area (Å²) < 4.78 is 11.3. The molecule has 0 N–H and O–H groups in total. The van der Waals surface area contributed by atoms with Crippen LogP contribution in [0.15, 0.2) is 78.9 Å². The summed E-state index contributed by atoms with van der Waals surface area (Å²) in [6.45, 7) is 1.63. The Labute approximate surface area is 147 Å². The molecule has 0 heterocycles. The van der Waals surface area contributed by atoms with Gasteiger partial charge in [-0.3, -0.25) is 0 Å². The number of hydrogen-bond donors (Lipinski definition) is 0. The zero-order chi connectivity index (χ0) is 16.6. The van der Waals surface area contributed by atoms with Crippen LogP contribution in [-0.2, 0) is 11.3 Å². The minimum absolute atomic E-state index is 0.526. The molecule has 0 spiro atoms. The van der Waals surface area contributed by atoms with Crippen LogP contribution in [0.4, 0.5) is 0 Å². The second-order valence-corrected chi connectivity index (χ2v) is 5.85. The Morgan fingerprint density at radius 2 is 1.33 bits per heavy atom. The highest BCUT2D eigenvalue weighted by atomic mass is 35.5. The maximum atomic E-state index is 5.85. The van der Waals surface area contributed by atoms with E-state index in [4.69, 9.17) is 21.1 Å². The Balaban J connectivity index is 1.41. The number of benzene rings is 3. The van der Waals surface area contributed by atoms with Crippen LogP contribution in [-0.4, -0.2) is 13.2 Å². The molecule has 2 nitrogen and oxygen atoms in total. The minimum atomic E-state index is 0.526. The van der Waals surface area contributed by atoms with Gasteiger partial charge in [0.1, 0.15) is 12.4 Å². The molecule has 0 aliphatic rings. The topological polar surface area (TPSA) is 18.5 Å². The molecule has 0 saturated heterocycles. The van der Waals surface area contributed by atoms with E-state index in [2.05, 4.69) is 24.3 Å². The molecule has 0 aliphatic heterocycles. The van der Waals surface area contributed by atoms with E-state index in [0.717, 1.165) is 16.3 Å². The maximum absolute atomic E-state index is 5.85. The van der Waals surface area contributed by atoms with Gasteiger partial charge in [-0.25, -0.2) is 0 Å². The first-order valence-electron chi connectivity index (χ1n) is 7.92. The monoisotopic (exact) mass is 338 g/mol. The first-order valence-corrected chi connectivity index (χ1v) is 8.29. The fourth-order valence-electron chi connectivity index (χ4n) is 2.36. The maximum Gasteiger partial charge on any atom is 0.119 e. The average Bonchev–Trinajstić information content (AvgIpc) is 2.64. The predicted octanol–water partition coefficient (Wildman–Crippen LogP) is 5.60. The molecular formula is C21H19ClO2. The molecule has 0 unspecified atom stereocenters. The van der Waals surface area contributed by atoms with Gasteiger partial charge in [0.2, 0.25) is 0 Å². The van der Waals surface area contributed by atoms with Crippen molar-refractivity contribution in [1.82, 2.24) is 0 Å². The van der Waals surface area contributed by atoms with Crippen LogP contribution in [0, 0.1) is 0 Å². The van der Waals surface area contributed by atoms with Gasteiger partial charge >= 0.3 is 0 Å². The average molecular weight is 339 g/mol. The standard InChI is InChI=1S/C21H19ClO2/c22-20-10-6-17(7-11-20)16-23-14-15-24-21-12-8-19(9-13-21)18-4-2-1-3-5-18/h1-13H,14-16H2. The Morgan fingerprint density at radius 1 is 0.667 bits per heavy atom. The molecule has 3 aromatic carbocycles. The van der Waals surface area contributed by atoms with Gasteiger partial charge in [0.15, 0.2) is 0 Å². The van der Waals surface area contributed by atoms with Crippen LogP contribution < -0.4 is 4.74 Å². The van der Waals surface area contributed by atoms with Gasteiger partial charge in [0.25, 0.3) is 0 Å². The molecule has 0 atom stereocenters. The van der Waals surface area contributed by atoms with Crippen LogP contribution in [0.1, 0.15) is 5.56 Å². The Bertz CT molecular complexity index is 737. The van der Waals surface area contributed by atoms with Gasteiger partial charge in [-0.1, -0.05) is 66.2 Å². The Hall–Kier alpha value is -2.29. The Morgan fingerprint density at radius 3 is 2.04 bits per heavy atom. The van der Waals surface area contributed by atoms with Crippen molar-refractivity contribution in [2.45, 2.75) is 6.61 Å². The molecule has 122 valence electrons. The molecular weight excluding hydrogens is 320 g/mol. The van der Waals surface area contributed by atoms with Crippen molar-refractivity contribution in [3.8, 4) is 16.9 Å². The molecule has 0 aliphatic carbocycles. The summed E-state index contributed by atoms with van der Waals surface area (Å²) >= 11 is 5.85. The van der Waals surface area contributed by atoms with Gasteiger partial charge < -0.3 is 9.47 Å². The van der Waals surface area contributed by atoms with Crippen molar-refractivity contribution in [3.63, 3.8) is 0 Å². The summed E-state index contributed by atoms with van der Waals surface area (Å²) in [5.74, 6) is 0.852. The van der Waals surface area contributed by atoms with E-state index < -0.39 is 0 Å². The van der Waals surface area contributed by atoms with Gasteiger partial charge in [-0.15, -0.1) is 0 Å². The normalized spacial score (nSPS) is 10.5. The van der Waals surface area contributed by atoms with E-state index in [1.807, 2.05) is 54.6 Å². The highest BCUT2D eigenvalue weighted by molar-refractivity contribution is 6.30. The molecule has 3 aromatic rings. The lowest BCUT2D eigenvalue weighted by Crippen LogP contribution is -2.06. The lowest BCUT2D eigenvalue weighted by atomic mass is 10.1. The molecule has 0 saturated carbocycles. The summed E-state index contributed by atoms with van der Waals surface area (Å²) in [6, 6.07) is 26.1. The molecule has 0 aromatic heterocycles. The largest absolute Gasteiger partial charge is 0.491 e.